The van der Waals surface area contributed by atoms with Crippen molar-refractivity contribution in [2.45, 2.75) is 76.9 Å². The molecule has 3 aromatic carbocycles. The lowest BCUT2D eigenvalue weighted by Gasteiger charge is -2.30. The van der Waals surface area contributed by atoms with Crippen LogP contribution in [0.4, 0.5) is 11.4 Å². The summed E-state index contributed by atoms with van der Waals surface area (Å²) in [6, 6.07) is 23.5. The van der Waals surface area contributed by atoms with E-state index in [2.05, 4.69) is 50.0 Å². The normalized spacial score (nSPS) is 15.7. The summed E-state index contributed by atoms with van der Waals surface area (Å²) in [5.41, 5.74) is 4.54. The summed E-state index contributed by atoms with van der Waals surface area (Å²) in [6.45, 7) is 12.1. The molecule has 1 atom stereocenters. The number of carbonyl (C=O) groups is 1. The highest BCUT2D eigenvalue weighted by Gasteiger charge is 2.37. The molecule has 0 radical (unpaired) electrons. The molecule has 0 spiro atoms. The van der Waals surface area contributed by atoms with Gasteiger partial charge in [-0.15, -0.1) is 0 Å². The van der Waals surface area contributed by atoms with Crippen LogP contribution in [0.5, 0.6) is 0 Å². The van der Waals surface area contributed by atoms with Crippen LogP contribution >= 0.6 is 0 Å². The predicted molar refractivity (Wildman–Crippen MR) is 167 cm³/mol. The van der Waals surface area contributed by atoms with E-state index in [1.54, 1.807) is 25.2 Å². The van der Waals surface area contributed by atoms with Gasteiger partial charge < -0.3 is 5.32 Å². The quantitative estimate of drug-likeness (QED) is 0.248. The lowest BCUT2D eigenvalue weighted by atomic mass is 9.90. The number of sulfonamides is 1. The first kappa shape index (κ1) is 30.6. The Labute approximate surface area is 245 Å². The first-order valence-electron chi connectivity index (χ1n) is 14.4. The van der Waals surface area contributed by atoms with Gasteiger partial charge in [0.05, 0.1) is 16.3 Å². The summed E-state index contributed by atoms with van der Waals surface area (Å²) in [6.07, 6.45) is 1.68. The van der Waals surface area contributed by atoms with Crippen LogP contribution in [-0.2, 0) is 21.4 Å². The number of hydrogen-bond donors (Lipinski definition) is 1. The van der Waals surface area contributed by atoms with E-state index in [1.807, 2.05) is 49.4 Å². The molecule has 1 heterocycles. The van der Waals surface area contributed by atoms with Crippen molar-refractivity contribution in [2.24, 2.45) is 4.99 Å². The standard InChI is InChI=1S/C33H42N4O3S/c1-7-8-20-36(6)41(39,40)28-18-19-30-29(21-28)31(33(38)35-30)32(26-12-10-9-11-13-26)34-27-16-14-25(15-17-27)22-37(23(2)3)24(4)5/h9-19,21,23-24,31H,7-8,20,22H2,1-6H3,(H,35,38). The Balaban J connectivity index is 1.73. The number of nitrogens with zero attached hydrogens (tertiary/aromatic N) is 3. The number of fused-ring (bicyclic) bond motifs is 1. The van der Waals surface area contributed by atoms with Crippen molar-refractivity contribution in [3.8, 4) is 0 Å². The van der Waals surface area contributed by atoms with Crippen LogP contribution in [-0.4, -0.2) is 54.9 Å². The Bertz CT molecular complexity index is 1470. The molecule has 218 valence electrons. The largest absolute Gasteiger partial charge is 0.325 e. The third-order valence-electron chi connectivity index (χ3n) is 7.61. The van der Waals surface area contributed by atoms with Crippen molar-refractivity contribution in [1.29, 1.82) is 0 Å². The van der Waals surface area contributed by atoms with Crippen LogP contribution in [0.15, 0.2) is 82.7 Å². The summed E-state index contributed by atoms with van der Waals surface area (Å²) < 4.78 is 28.1. The maximum absolute atomic E-state index is 13.4. The maximum atomic E-state index is 13.4. The molecule has 1 aliphatic heterocycles. The molecular weight excluding hydrogens is 532 g/mol. The predicted octanol–water partition coefficient (Wildman–Crippen LogP) is 6.58. The van der Waals surface area contributed by atoms with Gasteiger partial charge in [-0.2, -0.15) is 0 Å². The first-order chi connectivity index (χ1) is 19.5. The minimum absolute atomic E-state index is 0.174. The first-order valence-corrected chi connectivity index (χ1v) is 15.9. The molecule has 0 bridgehead atoms. The summed E-state index contributed by atoms with van der Waals surface area (Å²) in [5.74, 6) is -0.974. The van der Waals surface area contributed by atoms with Gasteiger partial charge in [0, 0.05) is 37.9 Å². The molecule has 4 rings (SSSR count). The van der Waals surface area contributed by atoms with Gasteiger partial charge in [0.2, 0.25) is 15.9 Å². The Morgan fingerprint density at radius 1 is 0.951 bits per heavy atom. The van der Waals surface area contributed by atoms with Gasteiger partial charge >= 0.3 is 0 Å². The SMILES string of the molecule is CCCCN(C)S(=O)(=O)c1ccc2c(c1)C(C(=Nc1ccc(CN(C(C)C)C(C)C)cc1)c1ccccc1)C(=O)N2. The summed E-state index contributed by atoms with van der Waals surface area (Å²) in [7, 11) is -2.10. The molecule has 1 N–H and O–H groups in total. The van der Waals surface area contributed by atoms with Crippen molar-refractivity contribution in [2.75, 3.05) is 18.9 Å². The van der Waals surface area contributed by atoms with Gasteiger partial charge in [-0.25, -0.2) is 12.7 Å². The number of amides is 1. The number of aliphatic imine (C=N–C) groups is 1. The van der Waals surface area contributed by atoms with E-state index in [-0.39, 0.29) is 10.8 Å². The maximum Gasteiger partial charge on any atom is 0.242 e. The Hall–Kier alpha value is -3.33. The molecule has 7 nitrogen and oxygen atoms in total. The summed E-state index contributed by atoms with van der Waals surface area (Å²) in [4.78, 5) is 21.0. The molecule has 1 aliphatic rings. The third-order valence-corrected chi connectivity index (χ3v) is 9.46. The second-order valence-electron chi connectivity index (χ2n) is 11.2. The molecular formula is C33H42N4O3S. The molecule has 0 fully saturated rings. The summed E-state index contributed by atoms with van der Waals surface area (Å²) >= 11 is 0. The topological polar surface area (TPSA) is 82.1 Å². The highest BCUT2D eigenvalue weighted by atomic mass is 32.2. The summed E-state index contributed by atoms with van der Waals surface area (Å²) in [5, 5.41) is 2.94. The third kappa shape index (κ3) is 6.94. The van der Waals surface area contributed by atoms with Gasteiger partial charge in [-0.3, -0.25) is 14.7 Å². The van der Waals surface area contributed by atoms with E-state index in [4.69, 9.17) is 4.99 Å². The Kier molecular flexibility index (Phi) is 9.79. The minimum Gasteiger partial charge on any atom is -0.325 e. The zero-order valence-electron chi connectivity index (χ0n) is 25.0. The van der Waals surface area contributed by atoms with E-state index < -0.39 is 15.9 Å². The number of unbranched alkanes of at least 4 members (excludes halogenated alkanes) is 1. The average molecular weight is 575 g/mol. The Morgan fingerprint density at radius 3 is 2.22 bits per heavy atom. The molecule has 0 aromatic heterocycles. The van der Waals surface area contributed by atoms with Crippen LogP contribution in [0.2, 0.25) is 0 Å². The smallest absolute Gasteiger partial charge is 0.242 e. The van der Waals surface area contributed by atoms with Gasteiger partial charge in [-0.05, 0) is 81.1 Å². The molecule has 1 unspecified atom stereocenters. The van der Waals surface area contributed by atoms with E-state index in [9.17, 15) is 13.2 Å². The zero-order chi connectivity index (χ0) is 29.7. The number of rotatable bonds is 12. The van der Waals surface area contributed by atoms with Gasteiger partial charge in [0.15, 0.2) is 0 Å². The zero-order valence-corrected chi connectivity index (χ0v) is 25.8. The van der Waals surface area contributed by atoms with Crippen LogP contribution in [0.3, 0.4) is 0 Å². The van der Waals surface area contributed by atoms with Gasteiger partial charge in [0.1, 0.15) is 5.92 Å². The van der Waals surface area contributed by atoms with Crippen molar-refractivity contribution in [3.05, 3.63) is 89.5 Å². The molecule has 1 amide bonds. The number of hydrogen-bond acceptors (Lipinski definition) is 5. The van der Waals surface area contributed by atoms with Gasteiger partial charge in [0.25, 0.3) is 0 Å². The van der Waals surface area contributed by atoms with E-state index in [1.165, 1.54) is 9.87 Å². The van der Waals surface area contributed by atoms with Crippen molar-refractivity contribution in [1.82, 2.24) is 9.21 Å². The van der Waals surface area contributed by atoms with Crippen molar-refractivity contribution < 1.29 is 13.2 Å². The van der Waals surface area contributed by atoms with Crippen LogP contribution in [0.25, 0.3) is 0 Å². The highest BCUT2D eigenvalue weighted by molar-refractivity contribution is 7.89. The second-order valence-corrected chi connectivity index (χ2v) is 13.3. The molecule has 8 heteroatoms. The minimum atomic E-state index is -3.70. The molecule has 0 aliphatic carbocycles. The van der Waals surface area contributed by atoms with Crippen molar-refractivity contribution in [3.63, 3.8) is 0 Å². The molecule has 0 saturated carbocycles. The lowest BCUT2D eigenvalue weighted by molar-refractivity contribution is -0.115. The number of anilines is 1. The van der Waals surface area contributed by atoms with Crippen molar-refractivity contribution >= 4 is 33.0 Å². The monoisotopic (exact) mass is 574 g/mol. The highest BCUT2D eigenvalue weighted by Crippen LogP contribution is 2.38. The molecule has 3 aromatic rings. The number of benzene rings is 3. The van der Waals surface area contributed by atoms with Crippen LogP contribution in [0.1, 0.15) is 70.1 Å². The average Bonchev–Trinajstić information content (AvgIpc) is 3.28. The van der Waals surface area contributed by atoms with E-state index >= 15 is 0 Å². The van der Waals surface area contributed by atoms with E-state index in [0.29, 0.717) is 35.6 Å². The van der Waals surface area contributed by atoms with Crippen LogP contribution in [0, 0.1) is 0 Å². The molecule has 0 saturated heterocycles. The molecule has 41 heavy (non-hydrogen) atoms. The fraction of sp³-hybridized carbons (Fsp3) is 0.394. The van der Waals surface area contributed by atoms with Crippen LogP contribution < -0.4 is 5.32 Å². The number of carbonyl (C=O) groups excluding carboxylic acids is 1. The number of nitrogens with one attached hydrogen (secondary N) is 1. The Morgan fingerprint density at radius 2 is 1.61 bits per heavy atom. The van der Waals surface area contributed by atoms with E-state index in [0.717, 1.165) is 30.6 Å². The second kappa shape index (κ2) is 13.1. The fourth-order valence-electron chi connectivity index (χ4n) is 5.24. The van der Waals surface area contributed by atoms with Gasteiger partial charge in [-0.1, -0.05) is 55.8 Å². The fourth-order valence-corrected chi connectivity index (χ4v) is 6.49. The lowest BCUT2D eigenvalue weighted by Crippen LogP contribution is -2.36.